The topological polar surface area (TPSA) is 74.7 Å². The fourth-order valence-electron chi connectivity index (χ4n) is 3.13. The van der Waals surface area contributed by atoms with E-state index < -0.39 is 0 Å². The van der Waals surface area contributed by atoms with E-state index >= 15 is 0 Å². The van der Waals surface area contributed by atoms with Gasteiger partial charge in [0.25, 0.3) is 0 Å². The van der Waals surface area contributed by atoms with Gasteiger partial charge in [0.1, 0.15) is 25.4 Å². The van der Waals surface area contributed by atoms with Crippen LogP contribution in [0.5, 0.6) is 11.5 Å². The number of nitrogens with zero attached hydrogens (tertiary/aromatic N) is 2. The van der Waals surface area contributed by atoms with E-state index in [1.807, 2.05) is 43.3 Å². The predicted octanol–water partition coefficient (Wildman–Crippen LogP) is 4.21. The van der Waals surface area contributed by atoms with Gasteiger partial charge in [0, 0.05) is 17.1 Å². The van der Waals surface area contributed by atoms with E-state index in [9.17, 15) is 0 Å². The lowest BCUT2D eigenvalue weighted by molar-refractivity contribution is 0.0224. The molecule has 4 rings (SSSR count). The minimum Gasteiger partial charge on any atom is -0.487 e. The lowest BCUT2D eigenvalue weighted by Crippen LogP contribution is -2.15. The van der Waals surface area contributed by atoms with Crippen molar-refractivity contribution in [3.8, 4) is 11.5 Å². The summed E-state index contributed by atoms with van der Waals surface area (Å²) < 4.78 is 22.8. The number of allylic oxidation sites excluding steroid dienone is 1. The Morgan fingerprint density at radius 2 is 1.60 bits per heavy atom. The highest BCUT2D eigenvalue weighted by Gasteiger charge is 2.13. The van der Waals surface area contributed by atoms with Crippen LogP contribution in [0.4, 0.5) is 11.5 Å². The third-order valence-corrected chi connectivity index (χ3v) is 4.66. The minimum absolute atomic E-state index is 0.416. The number of benzene rings is 2. The van der Waals surface area contributed by atoms with Crippen LogP contribution in [0.3, 0.4) is 0 Å². The van der Waals surface area contributed by atoms with Gasteiger partial charge in [0.05, 0.1) is 31.9 Å². The van der Waals surface area contributed by atoms with Crippen LogP contribution >= 0.6 is 0 Å². The molecule has 0 bridgehead atoms. The second-order valence-corrected chi connectivity index (χ2v) is 6.95. The number of nitrogens with one attached hydrogen (secondary N) is 1. The molecule has 1 aliphatic rings. The molecule has 1 N–H and O–H groups in total. The third-order valence-electron chi connectivity index (χ3n) is 4.66. The molecule has 7 heteroatoms. The zero-order valence-corrected chi connectivity index (χ0v) is 17.0. The molecule has 0 unspecified atom stereocenters. The zero-order chi connectivity index (χ0) is 20.8. The molecule has 0 aliphatic carbocycles. The van der Waals surface area contributed by atoms with Crippen molar-refractivity contribution >= 4 is 28.0 Å². The Labute approximate surface area is 175 Å². The molecule has 2 aromatic carbocycles. The van der Waals surface area contributed by atoms with Crippen molar-refractivity contribution < 1.29 is 18.9 Å². The summed E-state index contributed by atoms with van der Waals surface area (Å²) in [4.78, 5) is 8.85. The normalized spacial score (nSPS) is 15.1. The molecule has 0 spiro atoms. The van der Waals surface area contributed by atoms with E-state index in [-0.39, 0.29) is 0 Å². The van der Waals surface area contributed by atoms with Crippen molar-refractivity contribution in [2.24, 2.45) is 0 Å². The van der Waals surface area contributed by atoms with Crippen LogP contribution in [0, 0.1) is 0 Å². The molecule has 0 saturated carbocycles. The van der Waals surface area contributed by atoms with Gasteiger partial charge in [-0.2, -0.15) is 0 Å². The number of hydrogen-bond donors (Lipinski definition) is 1. The summed E-state index contributed by atoms with van der Waals surface area (Å²) in [7, 11) is 0. The van der Waals surface area contributed by atoms with Gasteiger partial charge >= 0.3 is 0 Å². The first-order chi connectivity index (χ1) is 14.7. The monoisotopic (exact) mass is 407 g/mol. The fraction of sp³-hybridized carbons (Fsp3) is 0.304. The first-order valence-electron chi connectivity index (χ1n) is 9.93. The summed E-state index contributed by atoms with van der Waals surface area (Å²) in [5.74, 6) is 1.94. The second kappa shape index (κ2) is 9.56. The molecule has 1 aliphatic heterocycles. The molecule has 7 nitrogen and oxygen atoms in total. The van der Waals surface area contributed by atoms with Crippen molar-refractivity contribution in [1.29, 1.82) is 0 Å². The van der Waals surface area contributed by atoms with Gasteiger partial charge in [0.15, 0.2) is 11.5 Å². The summed E-state index contributed by atoms with van der Waals surface area (Å²) in [5.41, 5.74) is 3.76. The number of hydrogen-bond acceptors (Lipinski definition) is 7. The van der Waals surface area contributed by atoms with Crippen LogP contribution < -0.4 is 14.8 Å². The van der Waals surface area contributed by atoms with Crippen molar-refractivity contribution in [3.63, 3.8) is 0 Å². The maximum atomic E-state index is 5.94. The average molecular weight is 407 g/mol. The summed E-state index contributed by atoms with van der Waals surface area (Å²) in [6.07, 6.45) is 1.53. The van der Waals surface area contributed by atoms with Crippen LogP contribution in [0.2, 0.25) is 0 Å². The SMILES string of the molecule is C=C(C)c1cccc(Nc2ncnc3cc4c(cc23)OCCOCCOCCO4)c1. The van der Waals surface area contributed by atoms with Gasteiger partial charge in [-0.1, -0.05) is 24.3 Å². The lowest BCUT2D eigenvalue weighted by Gasteiger charge is -2.16. The summed E-state index contributed by atoms with van der Waals surface area (Å²) >= 11 is 0. The largest absolute Gasteiger partial charge is 0.487 e. The van der Waals surface area contributed by atoms with E-state index in [1.54, 1.807) is 0 Å². The molecule has 1 aromatic heterocycles. The number of fused-ring (bicyclic) bond motifs is 2. The Kier molecular flexibility index (Phi) is 6.41. The Morgan fingerprint density at radius 1 is 0.900 bits per heavy atom. The highest BCUT2D eigenvalue weighted by Crippen LogP contribution is 2.35. The Balaban J connectivity index is 1.67. The molecule has 156 valence electrons. The van der Waals surface area contributed by atoms with Gasteiger partial charge in [-0.15, -0.1) is 0 Å². The van der Waals surface area contributed by atoms with E-state index in [4.69, 9.17) is 18.9 Å². The summed E-state index contributed by atoms with van der Waals surface area (Å²) in [5, 5.41) is 4.22. The standard InChI is InChI=1S/C23H25N3O4/c1-16(2)17-4-3-5-18(12-17)26-23-19-13-21-22(14-20(19)24-15-25-23)30-11-9-28-7-6-27-8-10-29-21/h3-5,12-15H,1,6-11H2,2H3,(H,24,25,26). The van der Waals surface area contributed by atoms with Crippen LogP contribution in [-0.2, 0) is 9.47 Å². The number of ether oxygens (including phenoxy) is 4. The van der Waals surface area contributed by atoms with E-state index in [1.165, 1.54) is 6.33 Å². The number of rotatable bonds is 3. The lowest BCUT2D eigenvalue weighted by atomic mass is 10.1. The molecule has 2 heterocycles. The average Bonchev–Trinajstić information content (AvgIpc) is 2.74. The van der Waals surface area contributed by atoms with Crippen LogP contribution in [0.15, 0.2) is 49.3 Å². The molecule has 0 amide bonds. The first kappa shape index (κ1) is 20.1. The molecular weight excluding hydrogens is 382 g/mol. The quantitative estimate of drug-likeness (QED) is 0.697. The maximum absolute atomic E-state index is 5.94. The highest BCUT2D eigenvalue weighted by molar-refractivity contribution is 5.93. The third kappa shape index (κ3) is 4.87. The van der Waals surface area contributed by atoms with Gasteiger partial charge < -0.3 is 24.3 Å². The number of anilines is 2. The molecule has 30 heavy (non-hydrogen) atoms. The van der Waals surface area contributed by atoms with Crippen molar-refractivity contribution in [2.75, 3.05) is 45.0 Å². The van der Waals surface area contributed by atoms with Crippen molar-refractivity contribution in [3.05, 3.63) is 54.9 Å². The van der Waals surface area contributed by atoms with E-state index in [0.717, 1.165) is 27.7 Å². The van der Waals surface area contributed by atoms with Gasteiger partial charge in [-0.05, 0) is 30.7 Å². The Morgan fingerprint density at radius 3 is 2.33 bits per heavy atom. The van der Waals surface area contributed by atoms with Crippen LogP contribution in [0.25, 0.3) is 16.5 Å². The summed E-state index contributed by atoms with van der Waals surface area (Å²) in [6, 6.07) is 11.8. The van der Waals surface area contributed by atoms with E-state index in [2.05, 4.69) is 21.9 Å². The van der Waals surface area contributed by atoms with Crippen molar-refractivity contribution in [2.45, 2.75) is 6.92 Å². The Bertz CT molecular complexity index is 1040. The molecule has 0 fully saturated rings. The van der Waals surface area contributed by atoms with Crippen LogP contribution in [0.1, 0.15) is 12.5 Å². The Hall–Kier alpha value is -3.16. The molecular formula is C23H25N3O4. The molecule has 0 saturated heterocycles. The predicted molar refractivity (Wildman–Crippen MR) is 117 cm³/mol. The molecule has 0 radical (unpaired) electrons. The smallest absolute Gasteiger partial charge is 0.163 e. The number of aromatic nitrogens is 2. The zero-order valence-electron chi connectivity index (χ0n) is 17.0. The molecule has 0 atom stereocenters. The van der Waals surface area contributed by atoms with Gasteiger partial charge in [-0.3, -0.25) is 0 Å². The van der Waals surface area contributed by atoms with Gasteiger partial charge in [-0.25, -0.2) is 9.97 Å². The maximum Gasteiger partial charge on any atom is 0.163 e. The minimum atomic E-state index is 0.416. The van der Waals surface area contributed by atoms with Crippen molar-refractivity contribution in [1.82, 2.24) is 9.97 Å². The van der Waals surface area contributed by atoms with Crippen LogP contribution in [-0.4, -0.2) is 49.6 Å². The van der Waals surface area contributed by atoms with Gasteiger partial charge in [0.2, 0.25) is 0 Å². The molecule has 3 aromatic rings. The second-order valence-electron chi connectivity index (χ2n) is 6.95. The highest BCUT2D eigenvalue weighted by atomic mass is 16.6. The van der Waals surface area contributed by atoms with E-state index in [0.29, 0.717) is 57.0 Å². The fourth-order valence-corrected chi connectivity index (χ4v) is 3.13. The first-order valence-corrected chi connectivity index (χ1v) is 9.93. The summed E-state index contributed by atoms with van der Waals surface area (Å²) in [6.45, 7) is 8.88.